The van der Waals surface area contributed by atoms with E-state index in [-0.39, 0.29) is 0 Å². The Kier molecular flexibility index (Phi) is 4.94. The van der Waals surface area contributed by atoms with Crippen molar-refractivity contribution in [3.63, 3.8) is 0 Å². The molecule has 1 aromatic heterocycles. The molecule has 0 bridgehead atoms. The molecule has 1 aromatic carbocycles. The number of benzene rings is 1. The maximum absolute atomic E-state index is 4.21. The van der Waals surface area contributed by atoms with Gasteiger partial charge in [-0.15, -0.1) is 0 Å². The van der Waals surface area contributed by atoms with Crippen LogP contribution in [0.4, 0.5) is 0 Å². The first-order chi connectivity index (χ1) is 9.57. The lowest BCUT2D eigenvalue weighted by atomic mass is 9.79. The number of hydrogen-bond acceptors (Lipinski definition) is 1. The zero-order chi connectivity index (χ0) is 14.4. The minimum absolute atomic E-state index is 0.325. The van der Waals surface area contributed by atoms with Crippen LogP contribution in [0.15, 0.2) is 54.9 Å². The molecule has 2 rings (SSSR count). The molecular weight excluding hydrogens is 242 g/mol. The van der Waals surface area contributed by atoms with Crippen LogP contribution in [0.3, 0.4) is 0 Å². The average molecular weight is 267 g/mol. The molecule has 0 N–H and O–H groups in total. The van der Waals surface area contributed by atoms with Crippen LogP contribution < -0.4 is 0 Å². The van der Waals surface area contributed by atoms with E-state index < -0.39 is 0 Å². The van der Waals surface area contributed by atoms with Gasteiger partial charge in [-0.3, -0.25) is 4.98 Å². The van der Waals surface area contributed by atoms with Crippen LogP contribution in [0.2, 0.25) is 0 Å². The highest BCUT2D eigenvalue weighted by Gasteiger charge is 2.20. The summed E-state index contributed by atoms with van der Waals surface area (Å²) in [4.78, 5) is 4.21. The molecule has 20 heavy (non-hydrogen) atoms. The topological polar surface area (TPSA) is 12.9 Å². The van der Waals surface area contributed by atoms with E-state index >= 15 is 0 Å². The number of rotatable bonds is 6. The highest BCUT2D eigenvalue weighted by atomic mass is 14.6. The molecule has 0 aliphatic heterocycles. The predicted octanol–water partition coefficient (Wildman–Crippen LogP) is 5.23. The Morgan fingerprint density at radius 2 is 1.80 bits per heavy atom. The zero-order valence-electron chi connectivity index (χ0n) is 12.8. The largest absolute Gasteiger partial charge is 0.264 e. The molecule has 1 heteroatoms. The highest BCUT2D eigenvalue weighted by Crippen LogP contribution is 2.31. The van der Waals surface area contributed by atoms with Crippen molar-refractivity contribution in [2.75, 3.05) is 0 Å². The van der Waals surface area contributed by atoms with Crippen molar-refractivity contribution in [2.45, 2.75) is 46.0 Å². The van der Waals surface area contributed by atoms with Crippen molar-refractivity contribution in [1.82, 2.24) is 4.98 Å². The molecule has 1 nitrogen and oxygen atoms in total. The fraction of sp³-hybridized carbons (Fsp3) is 0.421. The fourth-order valence-corrected chi connectivity index (χ4v) is 2.70. The van der Waals surface area contributed by atoms with Gasteiger partial charge in [0, 0.05) is 12.4 Å². The van der Waals surface area contributed by atoms with E-state index in [1.807, 2.05) is 18.5 Å². The third kappa shape index (κ3) is 4.48. The molecule has 0 aliphatic rings. The maximum Gasteiger partial charge on any atom is 0.0300 e. The van der Waals surface area contributed by atoms with E-state index in [2.05, 4.69) is 62.2 Å². The lowest BCUT2D eigenvalue weighted by Crippen LogP contribution is -2.16. The Balaban J connectivity index is 1.89. The molecular formula is C19H25N. The molecule has 0 saturated heterocycles. The summed E-state index contributed by atoms with van der Waals surface area (Å²) in [6.45, 7) is 7.05. The summed E-state index contributed by atoms with van der Waals surface area (Å²) < 4.78 is 0. The minimum atomic E-state index is 0.325. The van der Waals surface area contributed by atoms with Gasteiger partial charge in [0.25, 0.3) is 0 Å². The first-order valence-electron chi connectivity index (χ1n) is 7.51. The molecule has 0 saturated carbocycles. The third-order valence-corrected chi connectivity index (χ3v) is 4.03. The number of pyridine rings is 1. The number of aromatic nitrogens is 1. The lowest BCUT2D eigenvalue weighted by molar-refractivity contribution is 0.313. The Labute approximate surface area is 123 Å². The monoisotopic (exact) mass is 267 g/mol. The number of hydrogen-bond donors (Lipinski definition) is 0. The SMILES string of the molecule is C[C@@H](CCC(C)(C)Cc1cccnc1)c1ccccc1. The predicted molar refractivity (Wildman–Crippen MR) is 85.8 cm³/mol. The molecule has 0 unspecified atom stereocenters. The first-order valence-corrected chi connectivity index (χ1v) is 7.51. The molecule has 106 valence electrons. The van der Waals surface area contributed by atoms with E-state index in [4.69, 9.17) is 0 Å². The van der Waals surface area contributed by atoms with Gasteiger partial charge in [-0.2, -0.15) is 0 Å². The van der Waals surface area contributed by atoms with Crippen LogP contribution in [0.1, 0.15) is 50.7 Å². The number of nitrogens with zero attached hydrogens (tertiary/aromatic N) is 1. The standard InChI is InChI=1S/C19H25N/c1-16(18-9-5-4-6-10-18)11-12-19(2,3)14-17-8-7-13-20-15-17/h4-10,13,15-16H,11-12,14H2,1-3H3/t16-/m0/s1. The molecule has 2 aromatic rings. The van der Waals surface area contributed by atoms with E-state index in [1.165, 1.54) is 24.0 Å². The smallest absolute Gasteiger partial charge is 0.0300 e. The normalized spacial score (nSPS) is 13.2. The molecule has 0 aliphatic carbocycles. The van der Waals surface area contributed by atoms with Crippen LogP contribution >= 0.6 is 0 Å². The van der Waals surface area contributed by atoms with Crippen molar-refractivity contribution in [2.24, 2.45) is 5.41 Å². The molecule has 0 amide bonds. The Morgan fingerprint density at radius 1 is 1.05 bits per heavy atom. The van der Waals surface area contributed by atoms with Gasteiger partial charge in [-0.25, -0.2) is 0 Å². The van der Waals surface area contributed by atoms with Crippen LogP contribution in [0.5, 0.6) is 0 Å². The van der Waals surface area contributed by atoms with Gasteiger partial charge in [0.2, 0.25) is 0 Å². The van der Waals surface area contributed by atoms with Gasteiger partial charge in [0.15, 0.2) is 0 Å². The lowest BCUT2D eigenvalue weighted by Gasteiger charge is -2.26. The van der Waals surface area contributed by atoms with Gasteiger partial charge in [-0.05, 0) is 47.8 Å². The van der Waals surface area contributed by atoms with Gasteiger partial charge < -0.3 is 0 Å². The van der Waals surface area contributed by atoms with E-state index in [1.54, 1.807) is 0 Å². The Morgan fingerprint density at radius 3 is 2.45 bits per heavy atom. The van der Waals surface area contributed by atoms with Crippen LogP contribution in [0.25, 0.3) is 0 Å². The average Bonchev–Trinajstić information content (AvgIpc) is 2.46. The molecule has 0 radical (unpaired) electrons. The van der Waals surface area contributed by atoms with E-state index in [0.717, 1.165) is 6.42 Å². The van der Waals surface area contributed by atoms with Gasteiger partial charge >= 0.3 is 0 Å². The summed E-state index contributed by atoms with van der Waals surface area (Å²) in [6.07, 6.45) is 7.40. The van der Waals surface area contributed by atoms with E-state index in [9.17, 15) is 0 Å². The van der Waals surface area contributed by atoms with Crippen molar-refractivity contribution in [1.29, 1.82) is 0 Å². The fourth-order valence-electron chi connectivity index (χ4n) is 2.70. The third-order valence-electron chi connectivity index (χ3n) is 4.03. The first kappa shape index (κ1) is 14.8. The van der Waals surface area contributed by atoms with Gasteiger partial charge in [-0.1, -0.05) is 57.2 Å². The van der Waals surface area contributed by atoms with Crippen molar-refractivity contribution < 1.29 is 0 Å². The van der Waals surface area contributed by atoms with Crippen molar-refractivity contribution >= 4 is 0 Å². The maximum atomic E-state index is 4.21. The molecule has 0 spiro atoms. The summed E-state index contributed by atoms with van der Waals surface area (Å²) in [5.41, 5.74) is 3.11. The summed E-state index contributed by atoms with van der Waals surface area (Å²) in [7, 11) is 0. The van der Waals surface area contributed by atoms with Gasteiger partial charge in [0.05, 0.1) is 0 Å². The summed E-state index contributed by atoms with van der Waals surface area (Å²) in [6, 6.07) is 15.0. The van der Waals surface area contributed by atoms with Crippen molar-refractivity contribution in [3.05, 3.63) is 66.0 Å². The second-order valence-corrected chi connectivity index (χ2v) is 6.55. The van der Waals surface area contributed by atoms with Gasteiger partial charge in [0.1, 0.15) is 0 Å². The molecule has 1 atom stereocenters. The molecule has 0 fully saturated rings. The molecule has 1 heterocycles. The van der Waals surface area contributed by atoms with Crippen LogP contribution in [0, 0.1) is 5.41 Å². The Hall–Kier alpha value is -1.63. The summed E-state index contributed by atoms with van der Waals surface area (Å²) >= 11 is 0. The summed E-state index contributed by atoms with van der Waals surface area (Å²) in [5.74, 6) is 0.629. The van der Waals surface area contributed by atoms with E-state index in [0.29, 0.717) is 11.3 Å². The van der Waals surface area contributed by atoms with Crippen molar-refractivity contribution in [3.8, 4) is 0 Å². The van der Waals surface area contributed by atoms with Crippen LogP contribution in [-0.2, 0) is 6.42 Å². The quantitative estimate of drug-likeness (QED) is 0.698. The minimum Gasteiger partial charge on any atom is -0.264 e. The highest BCUT2D eigenvalue weighted by molar-refractivity contribution is 5.18. The summed E-state index contributed by atoms with van der Waals surface area (Å²) in [5, 5.41) is 0. The second-order valence-electron chi connectivity index (χ2n) is 6.55. The zero-order valence-corrected chi connectivity index (χ0v) is 12.8. The van der Waals surface area contributed by atoms with Crippen LogP contribution in [-0.4, -0.2) is 4.98 Å². The Bertz CT molecular complexity index is 502. The second kappa shape index (κ2) is 6.69.